The van der Waals surface area contributed by atoms with Crippen LogP contribution in [0.4, 0.5) is 0 Å². The number of aliphatic carboxylic acids is 1. The summed E-state index contributed by atoms with van der Waals surface area (Å²) in [7, 11) is 0. The Morgan fingerprint density at radius 2 is 1.96 bits per heavy atom. The number of carbonyl (C=O) groups excluding carboxylic acids is 2. The van der Waals surface area contributed by atoms with Crippen LogP contribution in [0.15, 0.2) is 0 Å². The van der Waals surface area contributed by atoms with Crippen molar-refractivity contribution >= 4 is 17.8 Å². The minimum Gasteiger partial charge on any atom is -0.480 e. The molecule has 0 saturated carbocycles. The molecule has 0 aliphatic carbocycles. The zero-order chi connectivity index (χ0) is 19.3. The second kappa shape index (κ2) is 8.35. The maximum Gasteiger partial charge on any atom is 0.326 e. The van der Waals surface area contributed by atoms with E-state index in [1.54, 1.807) is 0 Å². The number of amides is 2. The van der Waals surface area contributed by atoms with Crippen molar-refractivity contribution in [1.29, 1.82) is 0 Å². The highest BCUT2D eigenvalue weighted by Crippen LogP contribution is 2.25. The quantitative estimate of drug-likeness (QED) is 0.268. The Hall–Kier alpha value is -1.79. The average Bonchev–Trinajstić information content (AvgIpc) is 2.56. The number of hydrogen-bond acceptors (Lipinski definition) is 8. The molecule has 1 rings (SSSR count). The number of aliphatic hydroxyl groups excluding tert-OH is 3. The molecule has 0 spiro atoms. The highest BCUT2D eigenvalue weighted by molar-refractivity contribution is 5.83. The fourth-order valence-corrected chi connectivity index (χ4v) is 2.52. The number of hydrogen-bond donors (Lipinski definition) is 6. The summed E-state index contributed by atoms with van der Waals surface area (Å²) in [4.78, 5) is 35.3. The van der Waals surface area contributed by atoms with Crippen molar-refractivity contribution in [3.63, 3.8) is 0 Å². The van der Waals surface area contributed by atoms with E-state index >= 15 is 0 Å². The van der Waals surface area contributed by atoms with E-state index in [-0.39, 0.29) is 12.8 Å². The lowest BCUT2D eigenvalue weighted by Gasteiger charge is -2.46. The second-order valence-corrected chi connectivity index (χ2v) is 5.47. The third kappa shape index (κ3) is 4.39. The Labute approximate surface area is 139 Å². The Morgan fingerprint density at radius 1 is 1.33 bits per heavy atom. The highest BCUT2D eigenvalue weighted by atomic mass is 16.5. The molecule has 1 aliphatic rings. The second-order valence-electron chi connectivity index (χ2n) is 5.47. The first-order valence-electron chi connectivity index (χ1n) is 7.85. The van der Waals surface area contributed by atoms with Gasteiger partial charge in [-0.1, -0.05) is 0 Å². The summed E-state index contributed by atoms with van der Waals surface area (Å²) in [6.45, 7) is -1.56. The van der Waals surface area contributed by atoms with Crippen LogP contribution in [0.25, 0.3) is 0 Å². The van der Waals surface area contributed by atoms with Crippen molar-refractivity contribution in [2.75, 3.05) is 6.61 Å². The van der Waals surface area contributed by atoms with Gasteiger partial charge in [-0.2, -0.15) is 0 Å². The first-order chi connectivity index (χ1) is 11.6. The number of primary amides is 1. The van der Waals surface area contributed by atoms with Gasteiger partial charge in [-0.15, -0.1) is 0 Å². The van der Waals surface area contributed by atoms with Crippen LogP contribution in [0.5, 0.6) is 0 Å². The molecule has 0 radical (unpaired) electrons. The topological polar surface area (TPSA) is 197 Å². The smallest absolute Gasteiger partial charge is 0.326 e. The van der Waals surface area contributed by atoms with Crippen molar-refractivity contribution in [2.45, 2.75) is 56.4 Å². The van der Waals surface area contributed by atoms with Crippen molar-refractivity contribution < 1.29 is 40.9 Å². The summed E-state index contributed by atoms with van der Waals surface area (Å²) in [5, 5.41) is 38.4. The van der Waals surface area contributed by atoms with E-state index in [4.69, 9.17) is 17.6 Å². The third-order valence-electron chi connectivity index (χ3n) is 3.80. The molecule has 1 heterocycles. The number of carboxylic acid groups (broad SMARTS) is 1. The predicted molar refractivity (Wildman–Crippen MR) is 78.1 cm³/mol. The van der Waals surface area contributed by atoms with Gasteiger partial charge in [-0.3, -0.25) is 9.59 Å². The lowest BCUT2D eigenvalue weighted by molar-refractivity contribution is -0.232. The number of aliphatic hydroxyl groups is 3. The normalized spacial score (nSPS) is 31.8. The monoisotopic (exact) mass is 350 g/mol. The minimum atomic E-state index is -1.61. The summed E-state index contributed by atoms with van der Waals surface area (Å²) in [6.07, 6.45) is -6.70. The number of carbonyl (C=O) groups is 3. The molecule has 1 unspecified atom stereocenters. The van der Waals surface area contributed by atoms with Crippen molar-refractivity contribution in [1.82, 2.24) is 4.90 Å². The largest absolute Gasteiger partial charge is 0.480 e. The first kappa shape index (κ1) is 18.5. The molecule has 2 amide bonds. The van der Waals surface area contributed by atoms with Crippen LogP contribution in [-0.2, 0) is 19.1 Å². The van der Waals surface area contributed by atoms with Gasteiger partial charge in [0.2, 0.25) is 11.8 Å². The molecule has 0 bridgehead atoms. The van der Waals surface area contributed by atoms with Crippen molar-refractivity contribution in [3.8, 4) is 0 Å². The maximum atomic E-state index is 12.1. The lowest BCUT2D eigenvalue weighted by atomic mass is 9.95. The first-order valence-corrected chi connectivity index (χ1v) is 7.15. The van der Waals surface area contributed by atoms with E-state index in [0.29, 0.717) is 4.90 Å². The molecule has 24 heavy (non-hydrogen) atoms. The van der Waals surface area contributed by atoms with Gasteiger partial charge < -0.3 is 41.5 Å². The van der Waals surface area contributed by atoms with Crippen LogP contribution >= 0.6 is 0 Å². The molecular weight excluding hydrogens is 326 g/mol. The van der Waals surface area contributed by atoms with Crippen molar-refractivity contribution in [3.05, 3.63) is 0 Å². The fourth-order valence-electron chi connectivity index (χ4n) is 2.52. The molecule has 1 fully saturated rings. The Morgan fingerprint density at radius 3 is 2.42 bits per heavy atom. The third-order valence-corrected chi connectivity index (χ3v) is 3.80. The van der Waals surface area contributed by atoms with Gasteiger partial charge in [0, 0.05) is 14.7 Å². The fraction of sp³-hybridized carbons (Fsp3) is 0.769. The molecule has 0 aromatic carbocycles. The van der Waals surface area contributed by atoms with Crippen LogP contribution in [-0.4, -0.2) is 86.3 Å². The standard InChI is InChI=1S/C13H23N3O8/c1-5(18)16(6(13(22)23)2-3-8(14)19)12-9(15)11(21)10(20)7(4-17)24-12/h6-7,9-12,17,20-21H,2-4,15H2,1H3,(H2,14,19)(H,22,23)/t6-,7+,9+,10+,11+,12?/m0/s1/i1D. The van der Waals surface area contributed by atoms with E-state index in [9.17, 15) is 34.8 Å². The molecule has 1 aliphatic heterocycles. The SMILES string of the molecule is [2H]CC(=O)N(C1O[C@H](CO)[C@@H](O)[C@H](O)[C@H]1N)[C@@H](CCC(N)=O)C(=O)O. The number of carboxylic acids is 1. The molecule has 0 aromatic heterocycles. The van der Waals surface area contributed by atoms with E-state index in [1.807, 2.05) is 0 Å². The Bertz CT molecular complexity index is 506. The molecule has 11 nitrogen and oxygen atoms in total. The minimum absolute atomic E-state index is 0.352. The molecule has 0 aromatic rings. The lowest BCUT2D eigenvalue weighted by Crippen LogP contribution is -2.68. The van der Waals surface area contributed by atoms with Gasteiger partial charge in [-0.25, -0.2) is 4.79 Å². The Balaban J connectivity index is 3.20. The Kier molecular flexibility index (Phi) is 6.45. The molecular formula is C13H23N3O8. The van der Waals surface area contributed by atoms with Gasteiger partial charge in [0.1, 0.15) is 24.4 Å². The molecule has 138 valence electrons. The van der Waals surface area contributed by atoms with Gasteiger partial charge in [0.25, 0.3) is 0 Å². The van der Waals surface area contributed by atoms with Crippen LogP contribution in [0, 0.1) is 0 Å². The maximum absolute atomic E-state index is 12.1. The number of rotatable bonds is 7. The van der Waals surface area contributed by atoms with Crippen LogP contribution in [0.2, 0.25) is 0 Å². The van der Waals surface area contributed by atoms with Gasteiger partial charge >= 0.3 is 5.97 Å². The van der Waals surface area contributed by atoms with E-state index in [1.165, 1.54) is 0 Å². The summed E-state index contributed by atoms with van der Waals surface area (Å²) in [6, 6.07) is -2.99. The summed E-state index contributed by atoms with van der Waals surface area (Å²) >= 11 is 0. The number of nitrogens with two attached hydrogens (primary N) is 2. The predicted octanol–water partition coefficient (Wildman–Crippen LogP) is -3.68. The summed E-state index contributed by atoms with van der Waals surface area (Å²) in [5.41, 5.74) is 10.8. The molecule has 1 saturated heterocycles. The molecule has 8 N–H and O–H groups in total. The number of ether oxygens (including phenoxy) is 1. The van der Waals surface area contributed by atoms with Crippen LogP contribution in [0.1, 0.15) is 21.1 Å². The van der Waals surface area contributed by atoms with E-state index < -0.39 is 67.9 Å². The van der Waals surface area contributed by atoms with Crippen LogP contribution < -0.4 is 11.5 Å². The average molecular weight is 350 g/mol. The van der Waals surface area contributed by atoms with Gasteiger partial charge in [0.15, 0.2) is 6.23 Å². The highest BCUT2D eigenvalue weighted by Gasteiger charge is 2.48. The summed E-state index contributed by atoms with van der Waals surface area (Å²) in [5.74, 6) is -3.25. The van der Waals surface area contributed by atoms with Crippen LogP contribution in [0.3, 0.4) is 0 Å². The molecule has 11 heteroatoms. The zero-order valence-corrected chi connectivity index (χ0v) is 12.8. The van der Waals surface area contributed by atoms with Gasteiger partial charge in [-0.05, 0) is 6.42 Å². The zero-order valence-electron chi connectivity index (χ0n) is 13.8. The van der Waals surface area contributed by atoms with Crippen molar-refractivity contribution in [2.24, 2.45) is 11.5 Å². The van der Waals surface area contributed by atoms with E-state index in [2.05, 4.69) is 0 Å². The number of nitrogens with zero attached hydrogens (tertiary/aromatic N) is 1. The van der Waals surface area contributed by atoms with E-state index in [0.717, 1.165) is 0 Å². The summed E-state index contributed by atoms with van der Waals surface area (Å²) < 4.78 is 12.5. The van der Waals surface area contributed by atoms with Gasteiger partial charge in [0.05, 0.1) is 12.6 Å². The molecule has 6 atom stereocenters.